The zero-order chi connectivity index (χ0) is 14.1. The molecule has 7 heteroatoms. The molecule has 0 amide bonds. The molecule has 4 heterocycles. The molecule has 2 aliphatic heterocycles. The highest BCUT2D eigenvalue weighted by molar-refractivity contribution is 9.10. The molecule has 3 aliphatic rings. The van der Waals surface area contributed by atoms with Crippen LogP contribution < -0.4 is 0 Å². The second-order valence-electron chi connectivity index (χ2n) is 5.53. The molecule has 2 bridgehead atoms. The van der Waals surface area contributed by atoms with Gasteiger partial charge in [-0.15, -0.1) is 5.10 Å². The van der Waals surface area contributed by atoms with E-state index in [0.29, 0.717) is 18.9 Å². The second kappa shape index (κ2) is 3.79. The van der Waals surface area contributed by atoms with E-state index >= 15 is 0 Å². The predicted molar refractivity (Wildman–Crippen MR) is 72.3 cm³/mol. The van der Waals surface area contributed by atoms with E-state index in [1.165, 1.54) is 0 Å². The minimum absolute atomic E-state index is 0.0898. The molecule has 1 N–H and O–H groups in total. The summed E-state index contributed by atoms with van der Waals surface area (Å²) in [7, 11) is 0. The number of aromatic nitrogens is 3. The topological polar surface area (TPSA) is 76.7 Å². The maximum Gasteiger partial charge on any atom is 0.310 e. The minimum atomic E-state index is -0.832. The summed E-state index contributed by atoms with van der Waals surface area (Å²) in [6, 6.07) is 1.96. The van der Waals surface area contributed by atoms with Crippen molar-refractivity contribution in [1.29, 1.82) is 0 Å². The summed E-state index contributed by atoms with van der Waals surface area (Å²) >= 11 is 3.42. The maximum atomic E-state index is 11.4. The molecule has 104 valence electrons. The number of pyridine rings is 1. The highest BCUT2D eigenvalue weighted by Gasteiger charge is 2.67. The van der Waals surface area contributed by atoms with Crippen LogP contribution in [0.25, 0.3) is 5.65 Å². The maximum absolute atomic E-state index is 11.4. The summed E-state index contributed by atoms with van der Waals surface area (Å²) in [6.07, 6.45) is 2.51. The number of carbonyl (C=O) groups is 1. The summed E-state index contributed by atoms with van der Waals surface area (Å²) in [4.78, 5) is 15.9. The van der Waals surface area contributed by atoms with Gasteiger partial charge in [0.2, 0.25) is 0 Å². The number of aliphatic carboxylic acids is 1. The van der Waals surface area contributed by atoms with Crippen LogP contribution in [0, 0.1) is 18.8 Å². The Morgan fingerprint density at radius 3 is 3.15 bits per heavy atom. The normalized spacial score (nSPS) is 31.5. The predicted octanol–water partition coefficient (Wildman–Crippen LogP) is 1.75. The van der Waals surface area contributed by atoms with Crippen molar-refractivity contribution in [3.05, 3.63) is 28.1 Å². The average molecular weight is 338 g/mol. The van der Waals surface area contributed by atoms with Gasteiger partial charge in [0.05, 0.1) is 12.5 Å². The van der Waals surface area contributed by atoms with Gasteiger partial charge in [0.1, 0.15) is 5.60 Å². The quantitative estimate of drug-likeness (QED) is 0.903. The molecular formula is C13H12BrN3O3. The number of nitrogens with zero attached hydrogens (tertiary/aromatic N) is 3. The summed E-state index contributed by atoms with van der Waals surface area (Å²) < 4.78 is 8.33. The van der Waals surface area contributed by atoms with Crippen LogP contribution in [0.3, 0.4) is 0 Å². The van der Waals surface area contributed by atoms with Crippen molar-refractivity contribution in [2.75, 3.05) is 6.61 Å². The number of hydrogen-bond acceptors (Lipinski definition) is 4. The van der Waals surface area contributed by atoms with Gasteiger partial charge in [0.15, 0.2) is 11.5 Å². The zero-order valence-electron chi connectivity index (χ0n) is 10.7. The average Bonchev–Trinajstić information content (AvgIpc) is 2.97. The molecule has 2 saturated heterocycles. The lowest BCUT2D eigenvalue weighted by molar-refractivity contribution is -0.160. The Balaban J connectivity index is 1.87. The molecule has 1 saturated carbocycles. The SMILES string of the molecule is Cc1cc(Br)cn2nc(C34CC(CO3)C4C(=O)O)nc12. The number of rotatable bonds is 2. The molecule has 20 heavy (non-hydrogen) atoms. The van der Waals surface area contributed by atoms with Crippen LogP contribution in [0.5, 0.6) is 0 Å². The van der Waals surface area contributed by atoms with Gasteiger partial charge in [-0.25, -0.2) is 9.50 Å². The number of ether oxygens (including phenoxy) is 1. The van der Waals surface area contributed by atoms with E-state index < -0.39 is 17.5 Å². The van der Waals surface area contributed by atoms with Crippen LogP contribution in [-0.2, 0) is 15.1 Å². The number of fused-ring (bicyclic) bond motifs is 2. The van der Waals surface area contributed by atoms with E-state index in [1.54, 1.807) is 4.52 Å². The van der Waals surface area contributed by atoms with Gasteiger partial charge < -0.3 is 9.84 Å². The molecule has 0 aromatic carbocycles. The van der Waals surface area contributed by atoms with E-state index in [4.69, 9.17) is 4.74 Å². The Kier molecular flexibility index (Phi) is 2.33. The van der Waals surface area contributed by atoms with Crippen LogP contribution in [0.2, 0.25) is 0 Å². The van der Waals surface area contributed by atoms with Gasteiger partial charge in [-0.05, 0) is 40.9 Å². The van der Waals surface area contributed by atoms with E-state index in [9.17, 15) is 9.90 Å². The first kappa shape index (κ1) is 12.3. The van der Waals surface area contributed by atoms with Crippen LogP contribution >= 0.6 is 15.9 Å². The molecule has 3 fully saturated rings. The highest BCUT2D eigenvalue weighted by atomic mass is 79.9. The van der Waals surface area contributed by atoms with Crippen molar-refractivity contribution in [3.63, 3.8) is 0 Å². The lowest BCUT2D eigenvalue weighted by Gasteiger charge is -2.39. The van der Waals surface area contributed by atoms with Gasteiger partial charge in [0, 0.05) is 16.6 Å². The number of halogens is 1. The number of carboxylic acid groups (broad SMARTS) is 1. The first-order valence-electron chi connectivity index (χ1n) is 6.41. The third-order valence-electron chi connectivity index (χ3n) is 4.32. The van der Waals surface area contributed by atoms with Gasteiger partial charge in [-0.3, -0.25) is 4.79 Å². The van der Waals surface area contributed by atoms with E-state index in [2.05, 4.69) is 26.0 Å². The van der Waals surface area contributed by atoms with E-state index in [-0.39, 0.29) is 5.92 Å². The molecule has 0 radical (unpaired) electrons. The summed E-state index contributed by atoms with van der Waals surface area (Å²) in [5, 5.41) is 13.8. The van der Waals surface area contributed by atoms with Gasteiger partial charge in [-0.2, -0.15) is 0 Å². The first-order valence-corrected chi connectivity index (χ1v) is 7.20. The van der Waals surface area contributed by atoms with Crippen molar-refractivity contribution in [1.82, 2.24) is 14.6 Å². The zero-order valence-corrected chi connectivity index (χ0v) is 12.3. The summed E-state index contributed by atoms with van der Waals surface area (Å²) in [5.41, 5.74) is 0.887. The molecule has 2 aromatic rings. The largest absolute Gasteiger partial charge is 0.481 e. The Morgan fingerprint density at radius 1 is 1.65 bits per heavy atom. The third-order valence-corrected chi connectivity index (χ3v) is 4.76. The minimum Gasteiger partial charge on any atom is -0.481 e. The Labute approximate surface area is 122 Å². The Bertz CT molecular complexity index is 740. The fourth-order valence-corrected chi connectivity index (χ4v) is 3.93. The van der Waals surface area contributed by atoms with Gasteiger partial charge in [0.25, 0.3) is 0 Å². The fraction of sp³-hybridized carbons (Fsp3) is 0.462. The number of aryl methyl sites for hydroxylation is 1. The molecule has 2 aromatic heterocycles. The molecular weight excluding hydrogens is 326 g/mol. The van der Waals surface area contributed by atoms with Crippen molar-refractivity contribution in [2.24, 2.45) is 11.8 Å². The van der Waals surface area contributed by atoms with Crippen molar-refractivity contribution in [2.45, 2.75) is 18.9 Å². The lowest BCUT2D eigenvalue weighted by Crippen LogP contribution is -2.50. The van der Waals surface area contributed by atoms with Crippen LogP contribution in [0.4, 0.5) is 0 Å². The number of hydrogen-bond donors (Lipinski definition) is 1. The Morgan fingerprint density at radius 2 is 2.45 bits per heavy atom. The van der Waals surface area contributed by atoms with Crippen LogP contribution in [-0.4, -0.2) is 32.3 Å². The van der Waals surface area contributed by atoms with Gasteiger partial charge in [-0.1, -0.05) is 0 Å². The van der Waals surface area contributed by atoms with Crippen molar-refractivity contribution >= 4 is 27.5 Å². The lowest BCUT2D eigenvalue weighted by atomic mass is 9.64. The molecule has 3 atom stereocenters. The molecule has 6 nitrogen and oxygen atoms in total. The number of carboxylic acids is 1. The molecule has 0 spiro atoms. The Hall–Kier alpha value is -1.47. The molecule has 3 unspecified atom stereocenters. The fourth-order valence-electron chi connectivity index (χ4n) is 3.40. The third kappa shape index (κ3) is 1.39. The first-order chi connectivity index (χ1) is 9.51. The summed E-state index contributed by atoms with van der Waals surface area (Å²) in [5.74, 6) is -0.772. The van der Waals surface area contributed by atoms with E-state index in [1.807, 2.05) is 19.2 Å². The van der Waals surface area contributed by atoms with E-state index in [0.717, 1.165) is 15.7 Å². The standard InChI is InChI=1S/C13H12BrN3O3/c1-6-2-8(14)4-17-10(6)15-12(16-17)13-3-7(5-20-13)9(13)11(18)19/h2,4,7,9H,3,5H2,1H3,(H,18,19). The van der Waals surface area contributed by atoms with Gasteiger partial charge >= 0.3 is 5.97 Å². The van der Waals surface area contributed by atoms with Crippen molar-refractivity contribution in [3.8, 4) is 0 Å². The second-order valence-corrected chi connectivity index (χ2v) is 6.44. The summed E-state index contributed by atoms with van der Waals surface area (Å²) in [6.45, 7) is 2.43. The van der Waals surface area contributed by atoms with Crippen LogP contribution in [0.1, 0.15) is 17.8 Å². The smallest absolute Gasteiger partial charge is 0.310 e. The molecule has 5 rings (SSSR count). The molecule has 1 aliphatic carbocycles. The van der Waals surface area contributed by atoms with Crippen LogP contribution in [0.15, 0.2) is 16.7 Å². The van der Waals surface area contributed by atoms with Crippen molar-refractivity contribution < 1.29 is 14.6 Å². The monoisotopic (exact) mass is 337 g/mol. The highest BCUT2D eigenvalue weighted by Crippen LogP contribution is 2.58.